The van der Waals surface area contributed by atoms with Crippen LogP contribution in [0.15, 0.2) is 72.8 Å². The highest BCUT2D eigenvalue weighted by atomic mass is 16.6. The van der Waals surface area contributed by atoms with E-state index in [0.717, 1.165) is 4.90 Å². The molecule has 1 unspecified atom stereocenters. The van der Waals surface area contributed by atoms with E-state index in [1.54, 1.807) is 48.5 Å². The topological polar surface area (TPSA) is 119 Å². The molecule has 4 rings (SSSR count). The van der Waals surface area contributed by atoms with Gasteiger partial charge in [-0.15, -0.1) is 0 Å². The van der Waals surface area contributed by atoms with E-state index in [1.807, 2.05) is 0 Å². The lowest BCUT2D eigenvalue weighted by Gasteiger charge is -2.22. The van der Waals surface area contributed by atoms with Crippen molar-refractivity contribution < 1.29 is 28.8 Å². The van der Waals surface area contributed by atoms with Gasteiger partial charge in [0.05, 0.1) is 24.8 Å². The SMILES string of the molecule is COc1ccc(C(=O)CC2C(=O)N(c3ccc([N+](=O)[O-])cc3)C(=O)N2c2ccc(OC)cc2)cc1. The van der Waals surface area contributed by atoms with Crippen LogP contribution in [-0.2, 0) is 4.79 Å². The van der Waals surface area contributed by atoms with Crippen molar-refractivity contribution >= 4 is 34.8 Å². The number of non-ortho nitro benzene ring substituents is 1. The van der Waals surface area contributed by atoms with Gasteiger partial charge in [-0.05, 0) is 60.7 Å². The molecule has 0 aromatic heterocycles. The van der Waals surface area contributed by atoms with E-state index in [4.69, 9.17) is 9.47 Å². The number of rotatable bonds is 8. The normalized spacial score (nSPS) is 15.3. The Balaban J connectivity index is 1.69. The number of hydrogen-bond donors (Lipinski definition) is 0. The molecule has 35 heavy (non-hydrogen) atoms. The Bertz CT molecular complexity index is 1270. The molecule has 3 aromatic carbocycles. The van der Waals surface area contributed by atoms with Gasteiger partial charge in [-0.25, -0.2) is 9.69 Å². The molecule has 0 aliphatic carbocycles. The number of nitrogens with zero attached hydrogens (tertiary/aromatic N) is 3. The molecule has 0 N–H and O–H groups in total. The number of benzene rings is 3. The first-order valence-corrected chi connectivity index (χ1v) is 10.6. The van der Waals surface area contributed by atoms with E-state index >= 15 is 0 Å². The zero-order valence-electron chi connectivity index (χ0n) is 18.9. The largest absolute Gasteiger partial charge is 0.497 e. The Hall–Kier alpha value is -4.73. The van der Waals surface area contributed by atoms with E-state index in [1.165, 1.54) is 43.4 Å². The highest BCUT2D eigenvalue weighted by Crippen LogP contribution is 2.33. The minimum absolute atomic E-state index is 0.170. The van der Waals surface area contributed by atoms with Crippen molar-refractivity contribution in [2.24, 2.45) is 0 Å². The molecule has 1 saturated heterocycles. The predicted molar refractivity (Wildman–Crippen MR) is 127 cm³/mol. The Morgan fingerprint density at radius 1 is 0.857 bits per heavy atom. The first-order valence-electron chi connectivity index (χ1n) is 10.6. The average molecular weight is 475 g/mol. The average Bonchev–Trinajstić information content (AvgIpc) is 3.12. The number of anilines is 2. The second-order valence-corrected chi connectivity index (χ2v) is 7.67. The highest BCUT2D eigenvalue weighted by molar-refractivity contribution is 6.29. The molecule has 10 nitrogen and oxygen atoms in total. The molecule has 3 amide bonds. The molecule has 0 bridgehead atoms. The molecule has 0 radical (unpaired) electrons. The molecule has 1 aliphatic heterocycles. The molecule has 1 atom stereocenters. The minimum Gasteiger partial charge on any atom is -0.497 e. The number of Topliss-reactive ketones (excluding diaryl/α,β-unsaturated/α-hetero) is 1. The number of imide groups is 1. The second kappa shape index (κ2) is 9.64. The summed E-state index contributed by atoms with van der Waals surface area (Å²) in [7, 11) is 3.02. The smallest absolute Gasteiger partial charge is 0.336 e. The van der Waals surface area contributed by atoms with E-state index in [-0.39, 0.29) is 23.6 Å². The number of hydrogen-bond acceptors (Lipinski definition) is 7. The number of ketones is 1. The van der Waals surface area contributed by atoms with Gasteiger partial charge < -0.3 is 9.47 Å². The van der Waals surface area contributed by atoms with Crippen LogP contribution in [0, 0.1) is 10.1 Å². The second-order valence-electron chi connectivity index (χ2n) is 7.67. The number of nitro benzene ring substituents is 1. The number of carbonyl (C=O) groups excluding carboxylic acids is 3. The summed E-state index contributed by atoms with van der Waals surface area (Å²) in [5, 5.41) is 11.0. The van der Waals surface area contributed by atoms with E-state index in [9.17, 15) is 24.5 Å². The maximum atomic E-state index is 13.4. The van der Waals surface area contributed by atoms with Gasteiger partial charge in [-0.1, -0.05) is 0 Å². The molecule has 1 fully saturated rings. The summed E-state index contributed by atoms with van der Waals surface area (Å²) < 4.78 is 10.3. The van der Waals surface area contributed by atoms with Gasteiger partial charge in [0.1, 0.15) is 17.5 Å². The highest BCUT2D eigenvalue weighted by Gasteiger charge is 2.47. The van der Waals surface area contributed by atoms with Gasteiger partial charge in [0.15, 0.2) is 5.78 Å². The lowest BCUT2D eigenvalue weighted by molar-refractivity contribution is -0.384. The van der Waals surface area contributed by atoms with Crippen molar-refractivity contribution in [3.05, 3.63) is 88.5 Å². The van der Waals surface area contributed by atoms with Crippen LogP contribution in [0.5, 0.6) is 11.5 Å². The predicted octanol–water partition coefficient (Wildman–Crippen LogP) is 4.23. The summed E-state index contributed by atoms with van der Waals surface area (Å²) in [6, 6.07) is 16.3. The van der Waals surface area contributed by atoms with E-state index in [2.05, 4.69) is 0 Å². The number of nitro groups is 1. The van der Waals surface area contributed by atoms with Crippen LogP contribution in [0.1, 0.15) is 16.8 Å². The van der Waals surface area contributed by atoms with Crippen LogP contribution in [-0.4, -0.2) is 42.9 Å². The van der Waals surface area contributed by atoms with E-state index < -0.39 is 22.9 Å². The summed E-state index contributed by atoms with van der Waals surface area (Å²) in [6.45, 7) is 0. The summed E-state index contributed by atoms with van der Waals surface area (Å²) >= 11 is 0. The van der Waals surface area contributed by atoms with Gasteiger partial charge >= 0.3 is 6.03 Å². The third kappa shape index (κ3) is 4.54. The molecule has 10 heteroatoms. The first kappa shape index (κ1) is 23.4. The Labute approximate surface area is 200 Å². The van der Waals surface area contributed by atoms with Gasteiger partial charge in [-0.3, -0.25) is 24.6 Å². The minimum atomic E-state index is -1.11. The first-order chi connectivity index (χ1) is 16.8. The monoisotopic (exact) mass is 475 g/mol. The molecule has 1 aliphatic rings. The van der Waals surface area contributed by atoms with Crippen molar-refractivity contribution in [3.8, 4) is 11.5 Å². The van der Waals surface area contributed by atoms with Gasteiger partial charge in [-0.2, -0.15) is 0 Å². The van der Waals surface area contributed by atoms with Crippen LogP contribution < -0.4 is 19.3 Å². The van der Waals surface area contributed by atoms with E-state index in [0.29, 0.717) is 22.7 Å². The summed E-state index contributed by atoms with van der Waals surface area (Å²) in [4.78, 5) is 52.5. The van der Waals surface area contributed by atoms with Crippen molar-refractivity contribution in [3.63, 3.8) is 0 Å². The Kier molecular flexibility index (Phi) is 6.45. The molecule has 3 aromatic rings. The number of amides is 3. The fourth-order valence-electron chi connectivity index (χ4n) is 3.84. The molecule has 0 spiro atoms. The number of ether oxygens (including phenoxy) is 2. The van der Waals surface area contributed by atoms with Crippen molar-refractivity contribution in [1.82, 2.24) is 0 Å². The molecule has 178 valence electrons. The standard InChI is InChI=1S/C25H21N3O7/c1-34-20-11-3-16(4-12-20)23(29)15-22-24(30)27(18-5-7-19(8-6-18)28(32)33)25(31)26(22)17-9-13-21(35-2)14-10-17/h3-14,22H,15H2,1-2H3. The van der Waals surface area contributed by atoms with Crippen LogP contribution >= 0.6 is 0 Å². The molecular weight excluding hydrogens is 454 g/mol. The molecule has 0 saturated carbocycles. The maximum Gasteiger partial charge on any atom is 0.336 e. The van der Waals surface area contributed by atoms with Gasteiger partial charge in [0, 0.05) is 29.8 Å². The van der Waals surface area contributed by atoms with Crippen molar-refractivity contribution in [1.29, 1.82) is 0 Å². The molecule has 1 heterocycles. The maximum absolute atomic E-state index is 13.4. The van der Waals surface area contributed by atoms with Crippen molar-refractivity contribution in [2.75, 3.05) is 24.0 Å². The Morgan fingerprint density at radius 3 is 1.89 bits per heavy atom. The van der Waals surface area contributed by atoms with Crippen LogP contribution in [0.3, 0.4) is 0 Å². The Morgan fingerprint density at radius 2 is 1.37 bits per heavy atom. The van der Waals surface area contributed by atoms with Crippen LogP contribution in [0.4, 0.5) is 21.9 Å². The lowest BCUT2D eigenvalue weighted by atomic mass is 10.0. The van der Waals surface area contributed by atoms with Crippen LogP contribution in [0.25, 0.3) is 0 Å². The summed E-state index contributed by atoms with van der Waals surface area (Å²) in [6.07, 6.45) is -0.258. The molecular formula is C25H21N3O7. The zero-order chi connectivity index (χ0) is 25.1. The number of urea groups is 1. The lowest BCUT2D eigenvalue weighted by Crippen LogP contribution is -2.36. The van der Waals surface area contributed by atoms with Crippen LogP contribution in [0.2, 0.25) is 0 Å². The quantitative estimate of drug-likeness (QED) is 0.207. The van der Waals surface area contributed by atoms with Crippen molar-refractivity contribution in [2.45, 2.75) is 12.5 Å². The third-order valence-corrected chi connectivity index (χ3v) is 5.67. The zero-order valence-corrected chi connectivity index (χ0v) is 18.9. The number of methoxy groups -OCH3 is 2. The van der Waals surface area contributed by atoms with Gasteiger partial charge in [0.2, 0.25) is 0 Å². The summed E-state index contributed by atoms with van der Waals surface area (Å²) in [5.74, 6) is 0.201. The third-order valence-electron chi connectivity index (χ3n) is 5.67. The van der Waals surface area contributed by atoms with Gasteiger partial charge in [0.25, 0.3) is 11.6 Å². The fraction of sp³-hybridized carbons (Fsp3) is 0.160. The summed E-state index contributed by atoms with van der Waals surface area (Å²) in [5.41, 5.74) is 0.769. The number of carbonyl (C=O) groups is 3. The fourth-order valence-corrected chi connectivity index (χ4v) is 3.84.